The summed E-state index contributed by atoms with van der Waals surface area (Å²) < 4.78 is 1.79. The van der Waals surface area contributed by atoms with Crippen LogP contribution in [-0.2, 0) is 32.0 Å². The highest BCUT2D eigenvalue weighted by Gasteiger charge is 2.37. The summed E-state index contributed by atoms with van der Waals surface area (Å²) >= 11 is 0. The van der Waals surface area contributed by atoms with Crippen LogP contribution < -0.4 is 32.7 Å². The number of rotatable bonds is 19. The second kappa shape index (κ2) is 25.3. The molecule has 3 heterocycles. The fourth-order valence-electron chi connectivity index (χ4n) is 7.24. The number of fused-ring (bicyclic) bond motifs is 1. The monoisotopic (exact) mass is 901 g/mol. The summed E-state index contributed by atoms with van der Waals surface area (Å²) in [5.74, 6) is -1.99. The Hall–Kier alpha value is -4.73. The van der Waals surface area contributed by atoms with E-state index in [1.165, 1.54) is 0 Å². The lowest BCUT2D eigenvalue weighted by Crippen LogP contribution is -2.60. The third-order valence-electron chi connectivity index (χ3n) is 10.6. The molecule has 334 valence electrons. The van der Waals surface area contributed by atoms with Crippen LogP contribution in [0.1, 0.15) is 80.9 Å². The molecular weight excluding hydrogens is 841 g/mol. The van der Waals surface area contributed by atoms with Crippen molar-refractivity contribution in [1.82, 2.24) is 35.6 Å². The number of piperidine rings is 1. The molecule has 17 heteroatoms. The van der Waals surface area contributed by atoms with Crippen molar-refractivity contribution in [2.45, 2.75) is 102 Å². The molecule has 5 rings (SSSR count). The van der Waals surface area contributed by atoms with Gasteiger partial charge in [0.1, 0.15) is 29.5 Å². The number of halogens is 3. The minimum Gasteiger partial charge on any atom is -0.345 e. The molecule has 4 atom stereocenters. The van der Waals surface area contributed by atoms with Gasteiger partial charge in [0.15, 0.2) is 0 Å². The smallest absolute Gasteiger partial charge is 0.271 e. The Morgan fingerprint density at radius 3 is 1.89 bits per heavy atom. The highest BCUT2D eigenvalue weighted by atomic mass is 35.5. The maximum atomic E-state index is 14.1. The molecule has 1 aliphatic rings. The molecule has 1 aliphatic heterocycles. The Labute approximate surface area is 377 Å². The minimum atomic E-state index is -1.02. The molecule has 61 heavy (non-hydrogen) atoms. The Balaban J connectivity index is 0.00000427. The maximum Gasteiger partial charge on any atom is 0.271 e. The van der Waals surface area contributed by atoms with Crippen molar-refractivity contribution in [3.63, 3.8) is 0 Å². The Kier molecular flexibility index (Phi) is 21.7. The molecule has 0 radical (unpaired) electrons. The Bertz CT molecular complexity index is 1960. The molecule has 2 aromatic heterocycles. The predicted molar refractivity (Wildman–Crippen MR) is 245 cm³/mol. The number of benzene rings is 2. The van der Waals surface area contributed by atoms with Crippen molar-refractivity contribution in [2.24, 2.45) is 17.4 Å². The van der Waals surface area contributed by atoms with E-state index in [0.717, 1.165) is 11.1 Å². The molecule has 4 aromatic rings. The van der Waals surface area contributed by atoms with E-state index in [0.29, 0.717) is 69.5 Å². The number of imidazole rings is 1. The van der Waals surface area contributed by atoms with Gasteiger partial charge in [-0.15, -0.1) is 37.2 Å². The number of unbranched alkanes of at least 4 members (excludes halogenated alkanes) is 1. The van der Waals surface area contributed by atoms with Gasteiger partial charge >= 0.3 is 0 Å². The van der Waals surface area contributed by atoms with E-state index in [4.69, 9.17) is 11.5 Å². The number of nitrogens with zero attached hydrogens (tertiary/aromatic N) is 3. The van der Waals surface area contributed by atoms with E-state index in [9.17, 15) is 24.0 Å². The van der Waals surface area contributed by atoms with E-state index in [1.807, 2.05) is 106 Å². The van der Waals surface area contributed by atoms with Crippen molar-refractivity contribution in [3.8, 4) is 0 Å². The van der Waals surface area contributed by atoms with E-state index in [1.54, 1.807) is 15.5 Å². The van der Waals surface area contributed by atoms with Crippen molar-refractivity contribution < 1.29 is 24.0 Å². The molecule has 0 saturated carbocycles. The van der Waals surface area contributed by atoms with Crippen LogP contribution in [0.25, 0.3) is 5.65 Å². The lowest BCUT2D eigenvalue weighted by Gasteiger charge is -2.41. The quantitative estimate of drug-likeness (QED) is 0.0753. The van der Waals surface area contributed by atoms with Gasteiger partial charge < -0.3 is 42.0 Å². The van der Waals surface area contributed by atoms with Crippen molar-refractivity contribution in [2.75, 3.05) is 19.6 Å². The number of carbonyl (C=O) groups is 5. The molecular formula is C44H62Cl3N9O5. The number of amides is 5. The first-order valence-corrected chi connectivity index (χ1v) is 20.3. The van der Waals surface area contributed by atoms with Crippen LogP contribution >= 0.6 is 37.2 Å². The molecule has 1 saturated heterocycles. The zero-order chi connectivity index (χ0) is 41.7. The standard InChI is InChI=1S/C44H59N9O5.3ClH/c1-30(2)26-35(50-41(56)36(28-32-16-8-5-9-17-32)49-39(54)33(46)27-31-14-6-4-7-15-31)40(55)48-34(18-10-12-22-45)43(58)52-24-20-44(3,21-25-52)51-42(57)37-29-53-23-13-11-19-38(53)47-37;;;/h4-9,11,13-17,19,23,29-30,33-36H,10,12,18,20-22,24-28,45-46H2,1-3H3,(H,48,55)(H,49,54)(H,50,56)(H,51,57);3*1H/t33-,34-,35-,36-;;;/m1.../s1. The maximum absolute atomic E-state index is 14.1. The van der Waals surface area contributed by atoms with E-state index >= 15 is 0 Å². The fourth-order valence-corrected chi connectivity index (χ4v) is 7.24. The molecule has 0 unspecified atom stereocenters. The summed E-state index contributed by atoms with van der Waals surface area (Å²) in [7, 11) is 0. The van der Waals surface area contributed by atoms with Crippen LogP contribution in [0.5, 0.6) is 0 Å². The normalized spacial score (nSPS) is 15.1. The molecule has 5 amide bonds. The largest absolute Gasteiger partial charge is 0.345 e. The summed E-state index contributed by atoms with van der Waals surface area (Å²) in [5, 5.41) is 11.9. The second-order valence-corrected chi connectivity index (χ2v) is 16.0. The van der Waals surface area contributed by atoms with Crippen LogP contribution in [0.3, 0.4) is 0 Å². The number of likely N-dealkylation sites (tertiary alicyclic amines) is 1. The van der Waals surface area contributed by atoms with E-state index in [-0.39, 0.29) is 67.8 Å². The van der Waals surface area contributed by atoms with Crippen LogP contribution in [0, 0.1) is 5.92 Å². The molecule has 0 aliphatic carbocycles. The number of nitrogens with two attached hydrogens (primary N) is 2. The van der Waals surface area contributed by atoms with Crippen LogP contribution in [0.15, 0.2) is 91.3 Å². The van der Waals surface area contributed by atoms with Crippen LogP contribution in [-0.4, -0.2) is 93.2 Å². The van der Waals surface area contributed by atoms with Crippen molar-refractivity contribution in [3.05, 3.63) is 108 Å². The van der Waals surface area contributed by atoms with Gasteiger partial charge in [-0.2, -0.15) is 0 Å². The third-order valence-corrected chi connectivity index (χ3v) is 10.6. The van der Waals surface area contributed by atoms with Crippen LogP contribution in [0.2, 0.25) is 0 Å². The molecule has 8 N–H and O–H groups in total. The number of aromatic nitrogens is 2. The fraction of sp³-hybridized carbons (Fsp3) is 0.455. The number of pyridine rings is 1. The zero-order valence-electron chi connectivity index (χ0n) is 35.1. The van der Waals surface area contributed by atoms with Gasteiger partial charge in [0.05, 0.1) is 6.04 Å². The van der Waals surface area contributed by atoms with Gasteiger partial charge in [0.25, 0.3) is 5.91 Å². The molecule has 1 fully saturated rings. The first-order chi connectivity index (χ1) is 27.8. The molecule has 0 bridgehead atoms. The first kappa shape index (κ1) is 52.4. The minimum absolute atomic E-state index is 0. The summed E-state index contributed by atoms with van der Waals surface area (Å²) in [4.78, 5) is 75.0. The Morgan fingerprint density at radius 2 is 1.30 bits per heavy atom. The van der Waals surface area contributed by atoms with Gasteiger partial charge in [-0.05, 0) is 87.6 Å². The average Bonchev–Trinajstić information content (AvgIpc) is 3.65. The number of hydrogen-bond donors (Lipinski definition) is 6. The Morgan fingerprint density at radius 1 is 0.738 bits per heavy atom. The van der Waals surface area contributed by atoms with Gasteiger partial charge in [-0.1, -0.05) is 80.6 Å². The van der Waals surface area contributed by atoms with Gasteiger partial charge in [0, 0.05) is 37.4 Å². The summed E-state index contributed by atoms with van der Waals surface area (Å²) in [6.07, 6.45) is 6.98. The molecule has 0 spiro atoms. The number of carbonyl (C=O) groups excluding carboxylic acids is 5. The number of hydrogen-bond acceptors (Lipinski definition) is 8. The lowest BCUT2D eigenvalue weighted by molar-refractivity contribution is -0.139. The molecule has 2 aromatic carbocycles. The van der Waals surface area contributed by atoms with Gasteiger partial charge in [0.2, 0.25) is 23.6 Å². The van der Waals surface area contributed by atoms with Gasteiger partial charge in [-0.3, -0.25) is 24.0 Å². The third kappa shape index (κ3) is 15.6. The summed E-state index contributed by atoms with van der Waals surface area (Å²) in [6, 6.07) is 20.5. The zero-order valence-corrected chi connectivity index (χ0v) is 37.5. The lowest BCUT2D eigenvalue weighted by atomic mass is 9.89. The first-order valence-electron chi connectivity index (χ1n) is 20.3. The average molecular weight is 903 g/mol. The predicted octanol–water partition coefficient (Wildman–Crippen LogP) is 4.15. The van der Waals surface area contributed by atoms with E-state index in [2.05, 4.69) is 26.3 Å². The summed E-state index contributed by atoms with van der Waals surface area (Å²) in [6.45, 7) is 7.06. The highest BCUT2D eigenvalue weighted by molar-refractivity contribution is 5.95. The van der Waals surface area contributed by atoms with Crippen molar-refractivity contribution >= 4 is 72.4 Å². The van der Waals surface area contributed by atoms with Crippen LogP contribution in [0.4, 0.5) is 0 Å². The summed E-state index contributed by atoms with van der Waals surface area (Å²) in [5.41, 5.74) is 14.2. The van der Waals surface area contributed by atoms with Crippen molar-refractivity contribution in [1.29, 1.82) is 0 Å². The molecule has 14 nitrogen and oxygen atoms in total. The highest BCUT2D eigenvalue weighted by Crippen LogP contribution is 2.24. The van der Waals surface area contributed by atoms with Gasteiger partial charge in [-0.25, -0.2) is 4.98 Å². The second-order valence-electron chi connectivity index (χ2n) is 16.0. The van der Waals surface area contributed by atoms with E-state index < -0.39 is 47.4 Å². The topological polar surface area (TPSA) is 206 Å². The number of nitrogens with one attached hydrogen (secondary N) is 4. The SMILES string of the molecule is CC(C)C[C@@H](NC(=O)[C@@H](Cc1ccccc1)NC(=O)[C@H](N)Cc1ccccc1)C(=O)N[C@H](CCCCN)C(=O)N1CCC(C)(NC(=O)c2cn3ccccc3n2)CC1.Cl.Cl.Cl.